The molecule has 0 bridgehead atoms. The summed E-state index contributed by atoms with van der Waals surface area (Å²) in [5.74, 6) is 2.36. The zero-order chi connectivity index (χ0) is 37.9. The fraction of sp³-hybridized carbons (Fsp3) is 0.356. The summed E-state index contributed by atoms with van der Waals surface area (Å²) in [4.78, 5) is 14.3. The molecule has 6 aromatic rings. The maximum atomic E-state index is 9.14. The Morgan fingerprint density at radius 3 is 2.35 bits per heavy atom. The summed E-state index contributed by atoms with van der Waals surface area (Å²) < 4.78 is 33.6. The number of pyridine rings is 2. The molecule has 0 fully saturated rings. The van der Waals surface area contributed by atoms with Gasteiger partial charge in [-0.3, -0.25) is 9.98 Å². The first-order valence-electron chi connectivity index (χ1n) is 18.8. The molecule has 3 aromatic carbocycles. The van der Waals surface area contributed by atoms with Crippen molar-refractivity contribution in [2.45, 2.75) is 103 Å². The molecule has 2 aliphatic rings. The van der Waals surface area contributed by atoms with E-state index in [1.807, 2.05) is 31.3 Å². The normalized spacial score (nSPS) is 21.2. The molecular formula is C45H46N4O2Pt. The fourth-order valence-corrected chi connectivity index (χ4v) is 7.24. The molecule has 0 amide bonds. The van der Waals surface area contributed by atoms with Crippen molar-refractivity contribution < 1.29 is 33.3 Å². The van der Waals surface area contributed by atoms with Crippen LogP contribution >= 0.6 is 0 Å². The molecule has 52 heavy (non-hydrogen) atoms. The van der Waals surface area contributed by atoms with Crippen molar-refractivity contribution in [1.82, 2.24) is 14.5 Å². The van der Waals surface area contributed by atoms with E-state index in [2.05, 4.69) is 113 Å². The zero-order valence-corrected chi connectivity index (χ0v) is 33.8. The number of fused-ring (bicyclic) bond motifs is 6. The van der Waals surface area contributed by atoms with Gasteiger partial charge < -0.3 is 14.0 Å². The molecule has 0 unspecified atom stereocenters. The Morgan fingerprint density at radius 1 is 0.865 bits per heavy atom. The molecule has 7 heteroatoms. The van der Waals surface area contributed by atoms with Gasteiger partial charge in [-0.2, -0.15) is 6.07 Å². The van der Waals surface area contributed by atoms with Crippen molar-refractivity contribution in [3.8, 4) is 17.3 Å². The average Bonchev–Trinajstić information content (AvgIpc) is 3.62. The van der Waals surface area contributed by atoms with Crippen molar-refractivity contribution >= 4 is 27.7 Å². The number of rotatable bonds is 5. The summed E-state index contributed by atoms with van der Waals surface area (Å²) in [7, 11) is 0. The van der Waals surface area contributed by atoms with E-state index in [1.165, 1.54) is 11.1 Å². The quantitative estimate of drug-likeness (QED) is 0.162. The summed E-state index contributed by atoms with van der Waals surface area (Å²) in [5.41, 5.74) is 4.97. The molecule has 1 aliphatic carbocycles. The summed E-state index contributed by atoms with van der Waals surface area (Å²) in [6.45, 7) is 21.3. The Bertz CT molecular complexity index is 2490. The smallest absolute Gasteiger partial charge is 0.511 e. The number of benzene rings is 3. The van der Waals surface area contributed by atoms with Crippen LogP contribution in [0.5, 0.6) is 11.5 Å². The van der Waals surface area contributed by atoms with E-state index < -0.39 is 17.5 Å². The first-order valence-corrected chi connectivity index (χ1v) is 17.8. The molecular weight excluding hydrogens is 824 g/mol. The Kier molecular flexibility index (Phi) is 8.00. The van der Waals surface area contributed by atoms with Crippen molar-refractivity contribution in [2.24, 2.45) is 4.99 Å². The summed E-state index contributed by atoms with van der Waals surface area (Å²) >= 11 is 0. The minimum absolute atomic E-state index is 0. The van der Waals surface area contributed by atoms with Crippen molar-refractivity contribution in [3.63, 3.8) is 0 Å². The number of aromatic nitrogens is 3. The summed E-state index contributed by atoms with van der Waals surface area (Å²) in [5, 5.41) is 2.20. The Hall–Kier alpha value is -4.28. The van der Waals surface area contributed by atoms with E-state index >= 15 is 0 Å². The van der Waals surface area contributed by atoms with Crippen LogP contribution in [0.2, 0.25) is 0 Å². The van der Waals surface area contributed by atoms with Crippen molar-refractivity contribution in [1.29, 1.82) is 0 Å². The van der Waals surface area contributed by atoms with Crippen LogP contribution in [0.4, 0.5) is 0 Å². The molecule has 0 spiro atoms. The SMILES string of the molecule is [2H]C1([2H])c2ccncc2[C@@]2(C)N=C(c3[c-]c(Oc4[c-]c5c(cc4)c4cc(C(C)(C)C)ccc4n5-c4cc(C(C)(C)C)ccn4)cc(C(C)C)c3)O[C@@]12C.[Pt+2]. The fourth-order valence-electron chi connectivity index (χ4n) is 7.24. The number of nitrogens with zero attached hydrogens (tertiary/aromatic N) is 4. The molecule has 1 aliphatic heterocycles. The zero-order valence-electron chi connectivity index (χ0n) is 33.5. The Labute approximate surface area is 324 Å². The van der Waals surface area contributed by atoms with Crippen LogP contribution in [-0.2, 0) is 48.5 Å². The van der Waals surface area contributed by atoms with Gasteiger partial charge in [-0.1, -0.05) is 90.7 Å². The van der Waals surface area contributed by atoms with E-state index in [0.717, 1.165) is 38.8 Å². The predicted octanol–water partition coefficient (Wildman–Crippen LogP) is 10.7. The number of ether oxygens (including phenoxy) is 2. The minimum Gasteiger partial charge on any atom is -0.511 e. The molecule has 3 aromatic heterocycles. The average molecular weight is 872 g/mol. The van der Waals surface area contributed by atoms with E-state index in [1.54, 1.807) is 25.4 Å². The van der Waals surface area contributed by atoms with Gasteiger partial charge in [0.1, 0.15) is 22.9 Å². The first-order chi connectivity index (χ1) is 24.8. The first kappa shape index (κ1) is 33.5. The number of hydrogen-bond donors (Lipinski definition) is 0. The minimum atomic E-state index is -1.79. The van der Waals surface area contributed by atoms with Gasteiger partial charge in [0.2, 0.25) is 0 Å². The molecule has 0 saturated heterocycles. The van der Waals surface area contributed by atoms with Crippen LogP contribution in [0.15, 0.2) is 84.2 Å². The topological polar surface area (TPSA) is 61.5 Å². The second-order valence-corrected chi connectivity index (χ2v) is 16.7. The van der Waals surface area contributed by atoms with Crippen molar-refractivity contribution in [3.05, 3.63) is 125 Å². The molecule has 268 valence electrons. The Balaban J connectivity index is 0.00000450. The molecule has 0 N–H and O–H groups in total. The maximum Gasteiger partial charge on any atom is 2.00 e. The van der Waals surface area contributed by atoms with Gasteiger partial charge in [-0.15, -0.1) is 29.1 Å². The van der Waals surface area contributed by atoms with Crippen LogP contribution < -0.4 is 4.74 Å². The third-order valence-electron chi connectivity index (χ3n) is 10.6. The van der Waals surface area contributed by atoms with Gasteiger partial charge in [-0.05, 0) is 76.9 Å². The second kappa shape index (κ2) is 12.4. The van der Waals surface area contributed by atoms with Gasteiger partial charge in [0.15, 0.2) is 0 Å². The van der Waals surface area contributed by atoms with E-state index in [0.29, 0.717) is 28.5 Å². The van der Waals surface area contributed by atoms with E-state index in [-0.39, 0.29) is 37.8 Å². The van der Waals surface area contributed by atoms with Crippen LogP contribution in [0.3, 0.4) is 0 Å². The van der Waals surface area contributed by atoms with Gasteiger partial charge in [-0.25, -0.2) is 4.98 Å². The summed E-state index contributed by atoms with van der Waals surface area (Å²) in [6, 6.07) is 27.8. The van der Waals surface area contributed by atoms with E-state index in [4.69, 9.17) is 22.2 Å². The number of hydrogen-bond acceptors (Lipinski definition) is 5. The molecule has 0 saturated carbocycles. The summed E-state index contributed by atoms with van der Waals surface area (Å²) in [6.07, 6.45) is 3.42. The maximum absolute atomic E-state index is 9.14. The monoisotopic (exact) mass is 871 g/mol. The number of aliphatic imine (C=N–C) groups is 1. The molecule has 4 heterocycles. The van der Waals surface area contributed by atoms with Gasteiger partial charge >= 0.3 is 21.1 Å². The Morgan fingerprint density at radius 2 is 1.62 bits per heavy atom. The molecule has 0 radical (unpaired) electrons. The van der Waals surface area contributed by atoms with Crippen LogP contribution in [0, 0.1) is 12.1 Å². The largest absolute Gasteiger partial charge is 2.00 e. The van der Waals surface area contributed by atoms with Gasteiger partial charge in [0.05, 0.1) is 0 Å². The van der Waals surface area contributed by atoms with Gasteiger partial charge in [0, 0.05) is 50.3 Å². The van der Waals surface area contributed by atoms with Crippen LogP contribution in [0.1, 0.15) is 111 Å². The third-order valence-corrected chi connectivity index (χ3v) is 10.6. The standard InChI is InChI=1S/C45H46N4O2.Pt/c1-27(2)29-19-30(41-48-45(10)37-26-46-17-15-28(37)25-44(45,9)51-41)21-34(20-29)50-33-12-13-35-36-22-31(42(3,4)5)11-14-38(36)49(39(35)24-33)40-23-32(16-18-47-40)43(6,7)8;/h11-20,22-23,26-27H,25H2,1-10H3;/q-2;+2/t44-,45+;/m0./s1/i25D2;. The molecule has 2 atom stereocenters. The second-order valence-electron chi connectivity index (χ2n) is 16.7. The van der Waals surface area contributed by atoms with Gasteiger partial charge in [0.25, 0.3) is 0 Å². The van der Waals surface area contributed by atoms with E-state index in [9.17, 15) is 0 Å². The van der Waals surface area contributed by atoms with Crippen LogP contribution in [0.25, 0.3) is 27.6 Å². The van der Waals surface area contributed by atoms with Crippen molar-refractivity contribution in [2.75, 3.05) is 0 Å². The molecule has 8 rings (SSSR count). The van der Waals surface area contributed by atoms with Crippen LogP contribution in [-0.4, -0.2) is 26.0 Å². The molecule has 6 nitrogen and oxygen atoms in total. The third kappa shape index (κ3) is 5.88. The predicted molar refractivity (Wildman–Crippen MR) is 206 cm³/mol.